The number of benzene rings is 2. The van der Waals surface area contributed by atoms with Crippen LogP contribution in [0.3, 0.4) is 0 Å². The van der Waals surface area contributed by atoms with Crippen molar-refractivity contribution in [2.45, 2.75) is 37.8 Å². The third-order valence-electron chi connectivity index (χ3n) is 7.70. The molecule has 2 aromatic carbocycles. The zero-order chi connectivity index (χ0) is 28.1. The number of aliphatic hydroxyl groups excluding tert-OH is 1. The molecule has 0 aliphatic carbocycles. The Balaban J connectivity index is 1.30. The number of hydrogen-bond donors (Lipinski definition) is 2. The zero-order valence-corrected chi connectivity index (χ0v) is 23.6. The van der Waals surface area contributed by atoms with Gasteiger partial charge in [0.25, 0.3) is 5.91 Å². The number of hydrogen-bond acceptors (Lipinski definition) is 7. The molecule has 40 heavy (non-hydrogen) atoms. The van der Waals surface area contributed by atoms with Crippen LogP contribution in [0.25, 0.3) is 10.9 Å². The van der Waals surface area contributed by atoms with Crippen molar-refractivity contribution in [2.75, 3.05) is 51.1 Å². The van der Waals surface area contributed by atoms with Crippen molar-refractivity contribution >= 4 is 32.7 Å². The second-order valence-corrected chi connectivity index (χ2v) is 12.2. The monoisotopic (exact) mass is 567 g/mol. The number of anilines is 1. The van der Waals surface area contributed by atoms with Gasteiger partial charge in [0.05, 0.1) is 23.3 Å². The molecule has 0 radical (unpaired) electrons. The number of carbonyl (C=O) groups is 1. The number of nitrogens with one attached hydrogen (secondary N) is 1. The topological polar surface area (TPSA) is 115 Å². The van der Waals surface area contributed by atoms with Gasteiger partial charge in [-0.15, -0.1) is 0 Å². The van der Waals surface area contributed by atoms with Gasteiger partial charge in [-0.25, -0.2) is 0 Å². The van der Waals surface area contributed by atoms with Crippen LogP contribution in [0.15, 0.2) is 60.8 Å². The van der Waals surface area contributed by atoms with Crippen LogP contribution in [0.1, 0.15) is 37.3 Å². The van der Waals surface area contributed by atoms with Crippen molar-refractivity contribution in [2.24, 2.45) is 0 Å². The lowest BCUT2D eigenvalue weighted by atomic mass is 10.0. The minimum Gasteiger partial charge on any atom is -0.483 e. The van der Waals surface area contributed by atoms with Gasteiger partial charge in [0.15, 0.2) is 6.61 Å². The second kappa shape index (κ2) is 12.5. The van der Waals surface area contributed by atoms with E-state index in [1.54, 1.807) is 42.4 Å². The molecular formula is C29H37N5O5S. The molecule has 2 N–H and O–H groups in total. The Kier molecular flexibility index (Phi) is 8.84. The number of likely N-dealkylation sites (tertiary alicyclic amines) is 1. The molecule has 2 aliphatic rings. The highest BCUT2D eigenvalue weighted by molar-refractivity contribution is 7.90. The van der Waals surface area contributed by atoms with Gasteiger partial charge in [-0.05, 0) is 49.1 Å². The maximum atomic E-state index is 13.4. The lowest BCUT2D eigenvalue weighted by Crippen LogP contribution is -2.40. The molecule has 3 heterocycles. The molecule has 0 spiro atoms. The van der Waals surface area contributed by atoms with E-state index >= 15 is 0 Å². The number of amides is 1. The fraction of sp³-hybridized carbons (Fsp3) is 0.448. The molecule has 214 valence electrons. The molecule has 0 bridgehead atoms. The smallest absolute Gasteiger partial charge is 0.301 e. The van der Waals surface area contributed by atoms with Crippen molar-refractivity contribution in [3.63, 3.8) is 0 Å². The van der Waals surface area contributed by atoms with E-state index in [0.717, 1.165) is 37.8 Å². The number of ether oxygens (including phenoxy) is 1. The number of rotatable bonds is 10. The molecule has 11 heteroatoms. The van der Waals surface area contributed by atoms with E-state index in [0.29, 0.717) is 48.5 Å². The third kappa shape index (κ3) is 6.55. The maximum absolute atomic E-state index is 13.4. The number of aliphatic hydroxyl groups is 1. The Bertz CT molecular complexity index is 1410. The highest BCUT2D eigenvalue weighted by Gasteiger charge is 2.29. The van der Waals surface area contributed by atoms with E-state index in [1.165, 1.54) is 4.31 Å². The molecule has 3 aromatic rings. The predicted octanol–water partition coefficient (Wildman–Crippen LogP) is 3.02. The molecule has 5 rings (SSSR count). The van der Waals surface area contributed by atoms with Crippen LogP contribution < -0.4 is 9.46 Å². The molecule has 1 unspecified atom stereocenters. The Hall–Kier alpha value is -3.25. The second-order valence-electron chi connectivity index (χ2n) is 10.5. The van der Waals surface area contributed by atoms with Crippen LogP contribution in [0, 0.1) is 0 Å². The summed E-state index contributed by atoms with van der Waals surface area (Å²) >= 11 is 0. The van der Waals surface area contributed by atoms with Crippen molar-refractivity contribution in [3.05, 3.63) is 66.4 Å². The molecule has 1 amide bonds. The first-order chi connectivity index (χ1) is 19.3. The average Bonchev–Trinajstić information content (AvgIpc) is 3.40. The summed E-state index contributed by atoms with van der Waals surface area (Å²) in [6, 6.07) is 16.5. The predicted molar refractivity (Wildman–Crippen MR) is 154 cm³/mol. The van der Waals surface area contributed by atoms with Gasteiger partial charge >= 0.3 is 10.2 Å². The van der Waals surface area contributed by atoms with E-state index < -0.39 is 10.2 Å². The van der Waals surface area contributed by atoms with Gasteiger partial charge in [0.1, 0.15) is 5.75 Å². The zero-order valence-electron chi connectivity index (χ0n) is 22.8. The Labute approximate surface area is 235 Å². The van der Waals surface area contributed by atoms with E-state index in [9.17, 15) is 18.3 Å². The minimum atomic E-state index is -3.71. The summed E-state index contributed by atoms with van der Waals surface area (Å²) in [4.78, 5) is 21.6. The maximum Gasteiger partial charge on any atom is 0.301 e. The van der Waals surface area contributed by atoms with Crippen LogP contribution in [0.2, 0.25) is 0 Å². The molecule has 1 aromatic heterocycles. The highest BCUT2D eigenvalue weighted by atomic mass is 32.2. The van der Waals surface area contributed by atoms with Crippen molar-refractivity contribution < 1.29 is 23.1 Å². The molecule has 2 aliphatic heterocycles. The number of β-amino-alcohol motifs (C(OH)–C–C–N with tert-alkyl or cyclic N) is 1. The van der Waals surface area contributed by atoms with Crippen LogP contribution >= 0.6 is 0 Å². The lowest BCUT2D eigenvalue weighted by Gasteiger charge is -2.32. The summed E-state index contributed by atoms with van der Waals surface area (Å²) in [5.74, 6) is 0.255. The van der Waals surface area contributed by atoms with Gasteiger partial charge in [-0.3, -0.25) is 19.4 Å². The highest BCUT2D eigenvalue weighted by Crippen LogP contribution is 2.32. The summed E-state index contributed by atoms with van der Waals surface area (Å²) in [7, 11) is -1.93. The fourth-order valence-electron chi connectivity index (χ4n) is 5.43. The van der Waals surface area contributed by atoms with Gasteiger partial charge in [-0.2, -0.15) is 12.7 Å². The van der Waals surface area contributed by atoms with Crippen molar-refractivity contribution in [3.8, 4) is 5.75 Å². The Morgan fingerprint density at radius 3 is 2.60 bits per heavy atom. The molecule has 0 saturated carbocycles. The van der Waals surface area contributed by atoms with Crippen LogP contribution in [0.4, 0.5) is 5.69 Å². The SMILES string of the molecule is CN(C(=O)COc1ccc(NS(=O)(=O)N2CCCCC2)c2ncccc12)C(CN1CC[C@H](O)C1)c1ccccc1. The number of aromatic nitrogens is 1. The van der Waals surface area contributed by atoms with E-state index in [1.807, 2.05) is 30.3 Å². The quantitative estimate of drug-likeness (QED) is 0.387. The van der Waals surface area contributed by atoms with E-state index in [2.05, 4.69) is 14.6 Å². The van der Waals surface area contributed by atoms with Crippen molar-refractivity contribution in [1.29, 1.82) is 0 Å². The van der Waals surface area contributed by atoms with Crippen molar-refractivity contribution in [1.82, 2.24) is 19.1 Å². The summed E-state index contributed by atoms with van der Waals surface area (Å²) in [6.45, 7) is 2.80. The summed E-state index contributed by atoms with van der Waals surface area (Å²) in [5.41, 5.74) is 1.84. The first-order valence-electron chi connectivity index (χ1n) is 13.8. The third-order valence-corrected chi connectivity index (χ3v) is 9.22. The summed E-state index contributed by atoms with van der Waals surface area (Å²) in [6.07, 6.45) is 4.72. The average molecular weight is 568 g/mol. The largest absolute Gasteiger partial charge is 0.483 e. The molecule has 2 saturated heterocycles. The number of pyridine rings is 1. The number of carbonyl (C=O) groups excluding carboxylic acids is 1. The van der Waals surface area contributed by atoms with Crippen LogP contribution in [0.5, 0.6) is 5.75 Å². The van der Waals surface area contributed by atoms with Gasteiger partial charge in [0.2, 0.25) is 0 Å². The first kappa shape index (κ1) is 28.3. The van der Waals surface area contributed by atoms with E-state index in [-0.39, 0.29) is 24.7 Å². The molecular weight excluding hydrogens is 530 g/mol. The summed E-state index contributed by atoms with van der Waals surface area (Å²) < 4.78 is 36.1. The Morgan fingerprint density at radius 2 is 1.88 bits per heavy atom. The van der Waals surface area contributed by atoms with E-state index in [4.69, 9.17) is 4.74 Å². The summed E-state index contributed by atoms with van der Waals surface area (Å²) in [5, 5.41) is 10.6. The van der Waals surface area contributed by atoms with Gasteiger partial charge < -0.3 is 14.7 Å². The number of likely N-dealkylation sites (N-methyl/N-ethyl adjacent to an activating group) is 1. The Morgan fingerprint density at radius 1 is 1.10 bits per heavy atom. The van der Waals surface area contributed by atoms with Crippen LogP contribution in [-0.4, -0.2) is 91.0 Å². The van der Waals surface area contributed by atoms with Gasteiger partial charge in [-0.1, -0.05) is 36.8 Å². The molecule has 2 atom stereocenters. The number of piperidine rings is 1. The standard InChI is InChI=1S/C29H37N5O5S/c1-32(26(22-9-4-2-5-10-22)20-33-18-14-23(35)19-33)28(36)21-39-27-13-12-25(29-24(27)11-8-15-30-29)31-40(37,38)34-16-6-3-7-17-34/h2,4-5,8-13,15,23,26,31,35H,3,6-7,14,16-21H2,1H3/t23-,26?/m0/s1. The molecule has 10 nitrogen and oxygen atoms in total. The molecule has 2 fully saturated rings. The first-order valence-corrected chi connectivity index (χ1v) is 15.3. The number of fused-ring (bicyclic) bond motifs is 1. The lowest BCUT2D eigenvalue weighted by molar-refractivity contribution is -0.134. The van der Waals surface area contributed by atoms with Crippen LogP contribution in [-0.2, 0) is 15.0 Å². The van der Waals surface area contributed by atoms with Gasteiger partial charge in [0, 0.05) is 51.4 Å². The normalized spacial score (nSPS) is 19.4. The number of nitrogens with zero attached hydrogens (tertiary/aromatic N) is 4. The minimum absolute atomic E-state index is 0.189. The fourth-order valence-corrected chi connectivity index (χ4v) is 6.74.